The average molecular weight is 361 g/mol. The van der Waals surface area contributed by atoms with Gasteiger partial charge in [-0.05, 0) is 29.0 Å². The summed E-state index contributed by atoms with van der Waals surface area (Å²) in [5, 5.41) is 13.9. The zero-order chi connectivity index (χ0) is 17.6. The van der Waals surface area contributed by atoms with Gasteiger partial charge in [0.1, 0.15) is 0 Å². The number of nitrogens with zero attached hydrogens (tertiary/aromatic N) is 2. The minimum atomic E-state index is 0.177. The van der Waals surface area contributed by atoms with Crippen LogP contribution in [0, 0.1) is 0 Å². The molecule has 0 fully saturated rings. The molecule has 4 rings (SSSR count). The third-order valence-corrected chi connectivity index (χ3v) is 5.04. The third kappa shape index (κ3) is 4.07. The fourth-order valence-corrected chi connectivity index (χ4v) is 3.52. The number of aromatic nitrogens is 2. The molecule has 130 valence electrons. The SMILES string of the molecule is c1ccc(CC(NCc2nnc(-c3cccs3)o2)c2ccccc2)cc1. The van der Waals surface area contributed by atoms with Crippen LogP contribution >= 0.6 is 11.3 Å². The minimum Gasteiger partial charge on any atom is -0.419 e. The number of rotatable bonds is 7. The molecule has 0 bridgehead atoms. The van der Waals surface area contributed by atoms with E-state index in [9.17, 15) is 0 Å². The van der Waals surface area contributed by atoms with Gasteiger partial charge < -0.3 is 9.73 Å². The van der Waals surface area contributed by atoms with Crippen molar-refractivity contribution in [2.24, 2.45) is 0 Å². The summed E-state index contributed by atoms with van der Waals surface area (Å²) in [6.45, 7) is 0.533. The molecule has 2 aromatic carbocycles. The second-order valence-corrected chi connectivity index (χ2v) is 6.96. The lowest BCUT2D eigenvalue weighted by atomic mass is 9.99. The summed E-state index contributed by atoms with van der Waals surface area (Å²) in [5.74, 6) is 1.18. The summed E-state index contributed by atoms with van der Waals surface area (Å²) in [7, 11) is 0. The first kappa shape index (κ1) is 16.7. The summed E-state index contributed by atoms with van der Waals surface area (Å²) in [6.07, 6.45) is 0.900. The Labute approximate surface area is 156 Å². The molecule has 4 nitrogen and oxygen atoms in total. The van der Waals surface area contributed by atoms with Crippen molar-refractivity contribution in [3.05, 3.63) is 95.2 Å². The first-order valence-corrected chi connectivity index (χ1v) is 9.45. The van der Waals surface area contributed by atoms with Gasteiger partial charge in [-0.25, -0.2) is 0 Å². The van der Waals surface area contributed by atoms with Crippen molar-refractivity contribution in [3.63, 3.8) is 0 Å². The Kier molecular flexibility index (Phi) is 5.19. The number of benzene rings is 2. The van der Waals surface area contributed by atoms with E-state index in [1.165, 1.54) is 11.1 Å². The Morgan fingerprint density at radius 2 is 1.65 bits per heavy atom. The summed E-state index contributed by atoms with van der Waals surface area (Å²) in [4.78, 5) is 0.993. The molecule has 5 heteroatoms. The van der Waals surface area contributed by atoms with Gasteiger partial charge in [-0.2, -0.15) is 0 Å². The molecule has 2 heterocycles. The number of nitrogens with one attached hydrogen (secondary N) is 1. The van der Waals surface area contributed by atoms with E-state index in [1.54, 1.807) is 11.3 Å². The second-order valence-electron chi connectivity index (χ2n) is 6.01. The van der Waals surface area contributed by atoms with E-state index < -0.39 is 0 Å². The zero-order valence-electron chi connectivity index (χ0n) is 14.2. The monoisotopic (exact) mass is 361 g/mol. The molecule has 0 aliphatic heterocycles. The Morgan fingerprint density at radius 1 is 0.885 bits per heavy atom. The highest BCUT2D eigenvalue weighted by molar-refractivity contribution is 7.13. The molecular formula is C21H19N3OS. The number of hydrogen-bond donors (Lipinski definition) is 1. The summed E-state index contributed by atoms with van der Waals surface area (Å²) in [6, 6.07) is 25.1. The zero-order valence-corrected chi connectivity index (χ0v) is 15.0. The lowest BCUT2D eigenvalue weighted by Gasteiger charge is -2.18. The second kappa shape index (κ2) is 8.08. The van der Waals surface area contributed by atoms with E-state index in [1.807, 2.05) is 29.6 Å². The van der Waals surface area contributed by atoms with E-state index in [2.05, 4.69) is 64.0 Å². The third-order valence-electron chi connectivity index (χ3n) is 4.18. The predicted octanol–water partition coefficient (Wildman–Crippen LogP) is 4.87. The minimum absolute atomic E-state index is 0.177. The topological polar surface area (TPSA) is 51.0 Å². The van der Waals surface area contributed by atoms with Gasteiger partial charge in [0.15, 0.2) is 0 Å². The molecule has 0 saturated heterocycles. The van der Waals surface area contributed by atoms with Gasteiger partial charge in [0.2, 0.25) is 5.89 Å². The average Bonchev–Trinajstić information content (AvgIpc) is 3.38. The lowest BCUT2D eigenvalue weighted by Crippen LogP contribution is -2.23. The summed E-state index contributed by atoms with van der Waals surface area (Å²) < 4.78 is 5.79. The smallest absolute Gasteiger partial charge is 0.257 e. The van der Waals surface area contributed by atoms with Gasteiger partial charge in [-0.3, -0.25) is 0 Å². The van der Waals surface area contributed by atoms with E-state index in [-0.39, 0.29) is 6.04 Å². The lowest BCUT2D eigenvalue weighted by molar-refractivity contribution is 0.442. The molecular weight excluding hydrogens is 342 g/mol. The Hall–Kier alpha value is -2.76. The van der Waals surface area contributed by atoms with E-state index in [4.69, 9.17) is 4.42 Å². The van der Waals surface area contributed by atoms with Crippen molar-refractivity contribution in [1.82, 2.24) is 15.5 Å². The van der Waals surface area contributed by atoms with Crippen molar-refractivity contribution in [3.8, 4) is 10.8 Å². The molecule has 2 aromatic heterocycles. The van der Waals surface area contributed by atoms with Gasteiger partial charge >= 0.3 is 0 Å². The molecule has 26 heavy (non-hydrogen) atoms. The van der Waals surface area contributed by atoms with Crippen LogP contribution in [0.1, 0.15) is 23.1 Å². The molecule has 0 saturated carbocycles. The van der Waals surface area contributed by atoms with E-state index in [0.29, 0.717) is 18.3 Å². The Bertz CT molecular complexity index is 920. The first-order valence-electron chi connectivity index (χ1n) is 8.57. The normalized spacial score (nSPS) is 12.2. The van der Waals surface area contributed by atoms with Crippen molar-refractivity contribution >= 4 is 11.3 Å². The molecule has 1 unspecified atom stereocenters. The van der Waals surface area contributed by atoms with Crippen molar-refractivity contribution in [1.29, 1.82) is 0 Å². The van der Waals surface area contributed by atoms with Crippen LogP contribution in [0.4, 0.5) is 0 Å². The number of thiophene rings is 1. The van der Waals surface area contributed by atoms with E-state index >= 15 is 0 Å². The van der Waals surface area contributed by atoms with Gasteiger partial charge in [-0.1, -0.05) is 66.7 Å². The van der Waals surface area contributed by atoms with Crippen LogP contribution in [-0.4, -0.2) is 10.2 Å². The highest BCUT2D eigenvalue weighted by atomic mass is 32.1. The largest absolute Gasteiger partial charge is 0.419 e. The maximum absolute atomic E-state index is 5.79. The van der Waals surface area contributed by atoms with Crippen molar-refractivity contribution in [2.45, 2.75) is 19.0 Å². The molecule has 0 aliphatic rings. The Morgan fingerprint density at radius 3 is 2.38 bits per heavy atom. The molecule has 0 radical (unpaired) electrons. The summed E-state index contributed by atoms with van der Waals surface area (Å²) in [5.41, 5.74) is 2.54. The molecule has 0 aliphatic carbocycles. The maximum Gasteiger partial charge on any atom is 0.257 e. The van der Waals surface area contributed by atoms with Crippen LogP contribution in [0.5, 0.6) is 0 Å². The molecule has 0 spiro atoms. The predicted molar refractivity (Wildman–Crippen MR) is 104 cm³/mol. The molecule has 4 aromatic rings. The first-order chi connectivity index (χ1) is 12.9. The van der Waals surface area contributed by atoms with Crippen molar-refractivity contribution in [2.75, 3.05) is 0 Å². The van der Waals surface area contributed by atoms with Gasteiger partial charge in [0.05, 0.1) is 11.4 Å². The quantitative estimate of drug-likeness (QED) is 0.510. The fraction of sp³-hybridized carbons (Fsp3) is 0.143. The highest BCUT2D eigenvalue weighted by Gasteiger charge is 2.14. The van der Waals surface area contributed by atoms with Gasteiger partial charge in [-0.15, -0.1) is 21.5 Å². The highest BCUT2D eigenvalue weighted by Crippen LogP contribution is 2.23. The summed E-state index contributed by atoms with van der Waals surface area (Å²) >= 11 is 1.60. The van der Waals surface area contributed by atoms with Crippen LogP contribution in [0.2, 0.25) is 0 Å². The van der Waals surface area contributed by atoms with Crippen LogP contribution in [0.15, 0.2) is 82.6 Å². The molecule has 1 N–H and O–H groups in total. The van der Waals surface area contributed by atoms with E-state index in [0.717, 1.165) is 11.3 Å². The molecule has 0 amide bonds. The van der Waals surface area contributed by atoms with Crippen LogP contribution in [0.3, 0.4) is 0 Å². The number of hydrogen-bond acceptors (Lipinski definition) is 5. The molecule has 1 atom stereocenters. The maximum atomic E-state index is 5.79. The van der Waals surface area contributed by atoms with Crippen molar-refractivity contribution < 1.29 is 4.42 Å². The van der Waals surface area contributed by atoms with Crippen LogP contribution in [-0.2, 0) is 13.0 Å². The van der Waals surface area contributed by atoms with Crippen LogP contribution in [0.25, 0.3) is 10.8 Å². The van der Waals surface area contributed by atoms with Gasteiger partial charge in [0.25, 0.3) is 5.89 Å². The standard InChI is InChI=1S/C21H19N3OS/c1-3-8-16(9-4-1)14-18(17-10-5-2-6-11-17)22-15-20-23-24-21(25-20)19-12-7-13-26-19/h1-13,18,22H,14-15H2. The fourth-order valence-electron chi connectivity index (χ4n) is 2.88. The Balaban J connectivity index is 1.48. The van der Waals surface area contributed by atoms with Crippen LogP contribution < -0.4 is 5.32 Å². The van der Waals surface area contributed by atoms with Gasteiger partial charge in [0, 0.05) is 6.04 Å².